The first-order valence-electron chi connectivity index (χ1n) is 7.71. The molecule has 23 heavy (non-hydrogen) atoms. The van der Waals surface area contributed by atoms with Crippen molar-refractivity contribution in [3.63, 3.8) is 0 Å². The van der Waals surface area contributed by atoms with E-state index in [1.54, 1.807) is 19.4 Å². The number of fused-ring (bicyclic) bond motifs is 1. The van der Waals surface area contributed by atoms with Gasteiger partial charge in [-0.25, -0.2) is 4.98 Å². The molecule has 2 aromatic rings. The van der Waals surface area contributed by atoms with E-state index in [-0.39, 0.29) is 12.0 Å². The molecule has 0 saturated carbocycles. The van der Waals surface area contributed by atoms with Crippen molar-refractivity contribution in [2.24, 2.45) is 11.7 Å². The second-order valence-electron chi connectivity index (χ2n) is 5.88. The molecule has 3 heterocycles. The fourth-order valence-electron chi connectivity index (χ4n) is 3.05. The second kappa shape index (κ2) is 6.97. The highest BCUT2D eigenvalue weighted by atomic mass is 35.5. The Bertz CT molecular complexity index is 697. The Balaban J connectivity index is 1.81. The highest BCUT2D eigenvalue weighted by Crippen LogP contribution is 2.26. The number of nitrogens with two attached hydrogens (primary N) is 1. The second-order valence-corrected chi connectivity index (χ2v) is 6.29. The number of nitrogens with zero attached hydrogens (tertiary/aromatic N) is 3. The molecule has 0 unspecified atom stereocenters. The number of β-amino-alcohol motifs (C(OH)–C–C–N with tert-alkyl or cyclic N) is 1. The molecule has 0 radical (unpaired) electrons. The molecule has 3 rings (SSSR count). The smallest absolute Gasteiger partial charge is 0.213 e. The number of likely N-dealkylation sites (tertiary alicyclic amines) is 1. The van der Waals surface area contributed by atoms with E-state index >= 15 is 0 Å². The zero-order valence-electron chi connectivity index (χ0n) is 13.1. The van der Waals surface area contributed by atoms with Crippen molar-refractivity contribution < 1.29 is 9.84 Å². The Kier molecular flexibility index (Phi) is 4.96. The summed E-state index contributed by atoms with van der Waals surface area (Å²) in [5, 5.41) is 10.6. The van der Waals surface area contributed by atoms with Gasteiger partial charge in [0.1, 0.15) is 0 Å². The summed E-state index contributed by atoms with van der Waals surface area (Å²) in [6.45, 7) is 2.77. The van der Waals surface area contributed by atoms with E-state index in [1.807, 2.05) is 6.07 Å². The van der Waals surface area contributed by atoms with Crippen LogP contribution in [0.4, 0.5) is 0 Å². The van der Waals surface area contributed by atoms with Crippen molar-refractivity contribution >= 4 is 22.6 Å². The number of halogens is 1. The Morgan fingerprint density at radius 3 is 2.96 bits per heavy atom. The molecule has 0 amide bonds. The summed E-state index contributed by atoms with van der Waals surface area (Å²) in [4.78, 5) is 11.0. The van der Waals surface area contributed by atoms with Gasteiger partial charge in [-0.15, -0.1) is 0 Å². The van der Waals surface area contributed by atoms with Crippen molar-refractivity contribution in [2.75, 3.05) is 33.3 Å². The molecule has 3 N–H and O–H groups in total. The van der Waals surface area contributed by atoms with E-state index in [4.69, 9.17) is 22.1 Å². The van der Waals surface area contributed by atoms with Gasteiger partial charge < -0.3 is 20.5 Å². The summed E-state index contributed by atoms with van der Waals surface area (Å²) >= 11 is 6.34. The van der Waals surface area contributed by atoms with E-state index < -0.39 is 0 Å². The molecule has 7 heteroatoms. The zero-order chi connectivity index (χ0) is 16.4. The average Bonchev–Trinajstić information content (AvgIpc) is 2.93. The van der Waals surface area contributed by atoms with Gasteiger partial charge in [-0.2, -0.15) is 0 Å². The molecule has 2 atom stereocenters. The lowest BCUT2D eigenvalue weighted by Crippen LogP contribution is -2.26. The third-order valence-corrected chi connectivity index (χ3v) is 4.74. The quantitative estimate of drug-likeness (QED) is 0.850. The summed E-state index contributed by atoms with van der Waals surface area (Å²) < 4.78 is 5.20. The monoisotopic (exact) mass is 336 g/mol. The summed E-state index contributed by atoms with van der Waals surface area (Å²) in [6.07, 6.45) is 2.06. The van der Waals surface area contributed by atoms with Gasteiger partial charge in [0.15, 0.2) is 0 Å². The lowest BCUT2D eigenvalue weighted by atomic mass is 10.1. The van der Waals surface area contributed by atoms with Crippen molar-refractivity contribution in [1.82, 2.24) is 14.9 Å². The van der Waals surface area contributed by atoms with Crippen LogP contribution < -0.4 is 10.5 Å². The lowest BCUT2D eigenvalue weighted by Gasteiger charge is -2.16. The van der Waals surface area contributed by atoms with Crippen LogP contribution in [-0.2, 0) is 6.42 Å². The first-order valence-corrected chi connectivity index (χ1v) is 8.08. The number of aliphatic hydroxyl groups is 1. The predicted molar refractivity (Wildman–Crippen MR) is 89.8 cm³/mol. The molecule has 1 aliphatic rings. The number of ether oxygens (including phenoxy) is 1. The maximum absolute atomic E-state index is 9.96. The molecular weight excluding hydrogens is 316 g/mol. The third kappa shape index (κ3) is 3.40. The molecular formula is C16H21ClN4O2. The summed E-state index contributed by atoms with van der Waals surface area (Å²) in [5.74, 6) is 0.695. The highest BCUT2D eigenvalue weighted by Gasteiger charge is 2.29. The maximum Gasteiger partial charge on any atom is 0.213 e. The van der Waals surface area contributed by atoms with Gasteiger partial charge in [0.05, 0.1) is 29.3 Å². The Hall–Kier alpha value is -1.47. The number of methoxy groups -OCH3 is 1. The van der Waals surface area contributed by atoms with Gasteiger partial charge in [-0.1, -0.05) is 11.6 Å². The summed E-state index contributed by atoms with van der Waals surface area (Å²) in [5.41, 5.74) is 8.21. The molecule has 2 aromatic heterocycles. The molecule has 0 aliphatic carbocycles. The van der Waals surface area contributed by atoms with E-state index in [0.29, 0.717) is 24.0 Å². The normalized spacial score (nSPS) is 21.9. The van der Waals surface area contributed by atoms with Crippen molar-refractivity contribution in [3.05, 3.63) is 28.9 Å². The minimum atomic E-state index is -0.345. The maximum atomic E-state index is 9.96. The third-order valence-electron chi connectivity index (χ3n) is 4.41. The van der Waals surface area contributed by atoms with Crippen molar-refractivity contribution in [2.45, 2.75) is 12.5 Å². The van der Waals surface area contributed by atoms with Crippen LogP contribution in [0.15, 0.2) is 18.3 Å². The molecule has 0 spiro atoms. The van der Waals surface area contributed by atoms with E-state index in [1.165, 1.54) is 0 Å². The van der Waals surface area contributed by atoms with Crippen LogP contribution in [0.25, 0.3) is 11.0 Å². The van der Waals surface area contributed by atoms with Crippen LogP contribution in [0.5, 0.6) is 5.88 Å². The van der Waals surface area contributed by atoms with Crippen LogP contribution >= 0.6 is 11.6 Å². The van der Waals surface area contributed by atoms with Crippen LogP contribution in [0, 0.1) is 5.92 Å². The fourth-order valence-corrected chi connectivity index (χ4v) is 3.29. The van der Waals surface area contributed by atoms with E-state index in [9.17, 15) is 5.11 Å². The first-order chi connectivity index (χ1) is 11.1. The minimum absolute atomic E-state index is 0.151. The largest absolute Gasteiger partial charge is 0.481 e. The summed E-state index contributed by atoms with van der Waals surface area (Å²) in [7, 11) is 1.59. The Morgan fingerprint density at radius 1 is 1.43 bits per heavy atom. The van der Waals surface area contributed by atoms with E-state index in [2.05, 4.69) is 14.9 Å². The van der Waals surface area contributed by atoms with Crippen LogP contribution in [-0.4, -0.2) is 59.4 Å². The van der Waals surface area contributed by atoms with Gasteiger partial charge in [0, 0.05) is 43.4 Å². The number of hydrogen-bond acceptors (Lipinski definition) is 6. The minimum Gasteiger partial charge on any atom is -0.481 e. The number of rotatable bonds is 5. The molecule has 0 aromatic carbocycles. The fraction of sp³-hybridized carbons (Fsp3) is 0.500. The van der Waals surface area contributed by atoms with Gasteiger partial charge in [0.2, 0.25) is 5.88 Å². The van der Waals surface area contributed by atoms with Gasteiger partial charge in [-0.3, -0.25) is 4.98 Å². The predicted octanol–water partition coefficient (Wildman–Crippen LogP) is 1.09. The summed E-state index contributed by atoms with van der Waals surface area (Å²) in [6, 6.07) is 3.67. The van der Waals surface area contributed by atoms with Gasteiger partial charge >= 0.3 is 0 Å². The molecule has 6 nitrogen and oxygen atoms in total. The average molecular weight is 337 g/mol. The van der Waals surface area contributed by atoms with Crippen LogP contribution in [0.2, 0.25) is 5.02 Å². The molecule has 1 saturated heterocycles. The Labute approximate surface area is 140 Å². The van der Waals surface area contributed by atoms with Gasteiger partial charge in [0.25, 0.3) is 0 Å². The molecule has 0 bridgehead atoms. The first kappa shape index (κ1) is 16.4. The Morgan fingerprint density at radius 2 is 2.26 bits per heavy atom. The van der Waals surface area contributed by atoms with Crippen molar-refractivity contribution in [3.8, 4) is 5.88 Å². The highest BCUT2D eigenvalue weighted by molar-refractivity contribution is 6.32. The van der Waals surface area contributed by atoms with Crippen LogP contribution in [0.1, 0.15) is 5.56 Å². The zero-order valence-corrected chi connectivity index (χ0v) is 13.8. The number of hydrogen-bond donors (Lipinski definition) is 2. The van der Waals surface area contributed by atoms with Crippen LogP contribution in [0.3, 0.4) is 0 Å². The molecule has 1 aliphatic heterocycles. The number of pyridine rings is 2. The molecule has 124 valence electrons. The topological polar surface area (TPSA) is 84.5 Å². The molecule has 1 fully saturated rings. The van der Waals surface area contributed by atoms with E-state index in [0.717, 1.165) is 36.1 Å². The van der Waals surface area contributed by atoms with Crippen molar-refractivity contribution in [1.29, 1.82) is 0 Å². The number of aliphatic hydroxyl groups excluding tert-OH is 1. The lowest BCUT2D eigenvalue weighted by molar-refractivity contribution is 0.144. The standard InChI is InChI=1S/C16H21ClN4O2/c1-23-15-3-2-13-16(20-15)11(12(17)7-19-13)4-5-21-8-10(6-18)14(22)9-21/h2-3,7,10,14,22H,4-6,8-9,18H2,1H3/t10-,14+/m0/s1. The number of aromatic nitrogens is 2. The SMILES string of the molecule is COc1ccc2ncc(Cl)c(CCN3C[C@H](CN)[C@H](O)C3)c2n1. The van der Waals surface area contributed by atoms with Gasteiger partial charge in [-0.05, 0) is 19.0 Å².